The molecule has 1 aliphatic carbocycles. The Bertz CT molecular complexity index is 294. The Morgan fingerprint density at radius 3 is 2.53 bits per heavy atom. The van der Waals surface area contributed by atoms with Gasteiger partial charge >= 0.3 is 0 Å². The summed E-state index contributed by atoms with van der Waals surface area (Å²) < 4.78 is 6.24. The van der Waals surface area contributed by atoms with E-state index in [9.17, 15) is 0 Å². The molecule has 1 rings (SSSR count). The summed E-state index contributed by atoms with van der Waals surface area (Å²) >= 11 is 0. The van der Waals surface area contributed by atoms with E-state index < -0.39 is 0 Å². The zero-order valence-corrected chi connectivity index (χ0v) is 13.2. The molecule has 2 heteroatoms. The van der Waals surface area contributed by atoms with E-state index in [-0.39, 0.29) is 5.60 Å². The highest BCUT2D eigenvalue weighted by Crippen LogP contribution is 2.38. The lowest BCUT2D eigenvalue weighted by Crippen LogP contribution is -2.54. The van der Waals surface area contributed by atoms with Crippen molar-refractivity contribution in [1.29, 1.82) is 0 Å². The monoisotopic (exact) mass is 265 g/mol. The van der Waals surface area contributed by atoms with E-state index in [2.05, 4.69) is 37.9 Å². The summed E-state index contributed by atoms with van der Waals surface area (Å²) in [6.07, 6.45) is 6.98. The smallest absolute Gasteiger partial charge is 0.0844 e. The van der Waals surface area contributed by atoms with Crippen LogP contribution in [0.15, 0.2) is 0 Å². The number of hydrogen-bond donors (Lipinski definition) is 1. The third-order valence-electron chi connectivity index (χ3n) is 4.31. The minimum Gasteiger partial charge on any atom is -0.374 e. The zero-order chi connectivity index (χ0) is 14.1. The summed E-state index contributed by atoms with van der Waals surface area (Å²) in [5.41, 5.74) is 0.0142. The van der Waals surface area contributed by atoms with Crippen molar-refractivity contribution in [1.82, 2.24) is 5.32 Å². The van der Waals surface area contributed by atoms with Gasteiger partial charge < -0.3 is 10.1 Å². The molecule has 1 saturated carbocycles. The minimum absolute atomic E-state index is 0.0142. The molecule has 0 saturated heterocycles. The lowest BCUT2D eigenvalue weighted by molar-refractivity contribution is -0.0951. The van der Waals surface area contributed by atoms with E-state index in [1.165, 1.54) is 25.7 Å². The first-order valence-electron chi connectivity index (χ1n) is 7.95. The molecule has 1 unspecified atom stereocenters. The minimum atomic E-state index is 0.0142. The van der Waals surface area contributed by atoms with Crippen LogP contribution in [0.3, 0.4) is 0 Å². The first-order valence-corrected chi connectivity index (χ1v) is 7.95. The molecule has 0 spiro atoms. The molecule has 0 aromatic rings. The molecule has 0 radical (unpaired) electrons. The predicted molar refractivity (Wildman–Crippen MR) is 82.1 cm³/mol. The van der Waals surface area contributed by atoms with Crippen LogP contribution in [-0.4, -0.2) is 24.8 Å². The first-order chi connectivity index (χ1) is 9.18. The number of hydrogen-bond acceptors (Lipinski definition) is 2. The highest BCUT2D eigenvalue weighted by atomic mass is 16.5. The summed E-state index contributed by atoms with van der Waals surface area (Å²) in [7, 11) is 0. The van der Waals surface area contributed by atoms with E-state index in [4.69, 9.17) is 4.74 Å². The molecular formula is C17H31NO. The Morgan fingerprint density at radius 2 is 2.00 bits per heavy atom. The van der Waals surface area contributed by atoms with Crippen LogP contribution in [-0.2, 0) is 4.74 Å². The van der Waals surface area contributed by atoms with Gasteiger partial charge in [0.05, 0.1) is 5.60 Å². The molecule has 0 aromatic carbocycles. The summed E-state index contributed by atoms with van der Waals surface area (Å²) in [4.78, 5) is 0. The van der Waals surface area contributed by atoms with Crippen LogP contribution in [0.1, 0.15) is 66.2 Å². The normalized spacial score (nSPS) is 28.5. The molecule has 19 heavy (non-hydrogen) atoms. The van der Waals surface area contributed by atoms with Crippen molar-refractivity contribution in [2.24, 2.45) is 5.92 Å². The van der Waals surface area contributed by atoms with Crippen LogP contribution in [0.2, 0.25) is 0 Å². The second kappa shape index (κ2) is 8.61. The maximum Gasteiger partial charge on any atom is 0.0844 e. The van der Waals surface area contributed by atoms with Gasteiger partial charge in [-0.15, -0.1) is 11.8 Å². The van der Waals surface area contributed by atoms with Crippen LogP contribution in [0, 0.1) is 17.8 Å². The van der Waals surface area contributed by atoms with Crippen molar-refractivity contribution < 1.29 is 4.74 Å². The van der Waals surface area contributed by atoms with Gasteiger partial charge in [0.15, 0.2) is 0 Å². The fourth-order valence-electron chi connectivity index (χ4n) is 3.10. The molecule has 1 aliphatic rings. The van der Waals surface area contributed by atoms with Gasteiger partial charge in [-0.3, -0.25) is 0 Å². The molecule has 1 N–H and O–H groups in total. The molecular weight excluding hydrogens is 234 g/mol. The lowest BCUT2D eigenvalue weighted by atomic mass is 9.74. The quantitative estimate of drug-likeness (QED) is 0.708. The largest absolute Gasteiger partial charge is 0.374 e. The van der Waals surface area contributed by atoms with Crippen LogP contribution in [0.25, 0.3) is 0 Å². The van der Waals surface area contributed by atoms with E-state index >= 15 is 0 Å². The number of ether oxygens (including phenoxy) is 1. The first kappa shape index (κ1) is 16.5. The summed E-state index contributed by atoms with van der Waals surface area (Å²) in [5.74, 6) is 7.14. The van der Waals surface area contributed by atoms with Gasteiger partial charge in [0, 0.05) is 19.1 Å². The fourth-order valence-corrected chi connectivity index (χ4v) is 3.10. The molecule has 0 aromatic heterocycles. The molecule has 0 amide bonds. The van der Waals surface area contributed by atoms with Crippen molar-refractivity contribution in [2.45, 2.75) is 77.9 Å². The molecule has 1 atom stereocenters. The van der Waals surface area contributed by atoms with Gasteiger partial charge in [-0.05, 0) is 58.4 Å². The van der Waals surface area contributed by atoms with Crippen LogP contribution >= 0.6 is 0 Å². The van der Waals surface area contributed by atoms with Crippen molar-refractivity contribution in [3.8, 4) is 11.8 Å². The second-order valence-electron chi connectivity index (χ2n) is 5.82. The van der Waals surface area contributed by atoms with Crippen molar-refractivity contribution in [2.75, 3.05) is 13.2 Å². The average molecular weight is 265 g/mol. The fraction of sp³-hybridized carbons (Fsp3) is 0.882. The Balaban J connectivity index is 2.79. The van der Waals surface area contributed by atoms with Crippen LogP contribution in [0.4, 0.5) is 0 Å². The predicted octanol–water partition coefficient (Wildman–Crippen LogP) is 3.75. The maximum atomic E-state index is 6.24. The Kier molecular flexibility index (Phi) is 7.49. The van der Waals surface area contributed by atoms with E-state index in [1.807, 2.05) is 6.92 Å². The van der Waals surface area contributed by atoms with E-state index in [0.29, 0.717) is 6.04 Å². The van der Waals surface area contributed by atoms with Gasteiger partial charge in [-0.1, -0.05) is 13.8 Å². The van der Waals surface area contributed by atoms with Crippen LogP contribution in [0.5, 0.6) is 0 Å². The Labute approximate surface area is 119 Å². The van der Waals surface area contributed by atoms with Gasteiger partial charge in [-0.2, -0.15) is 0 Å². The summed E-state index contributed by atoms with van der Waals surface area (Å²) in [6.45, 7) is 10.5. The highest BCUT2D eigenvalue weighted by Gasteiger charge is 2.41. The molecule has 0 bridgehead atoms. The topological polar surface area (TPSA) is 21.3 Å². The van der Waals surface area contributed by atoms with Gasteiger partial charge in [0.2, 0.25) is 0 Å². The van der Waals surface area contributed by atoms with E-state index in [0.717, 1.165) is 31.9 Å². The Hall–Kier alpha value is -0.520. The average Bonchev–Trinajstić information content (AvgIpc) is 2.42. The SMILES string of the molecule is CC#CCC(NCCC)C1(OCC)CCC(C)CC1. The standard InChI is InChI=1S/C17H31NO/c1-5-8-9-16(18-14-6-2)17(19-7-3)12-10-15(4)11-13-17/h15-16,18H,6-7,9-14H2,1-4H3. The van der Waals surface area contributed by atoms with Crippen molar-refractivity contribution in [3.05, 3.63) is 0 Å². The summed E-state index contributed by atoms with van der Waals surface area (Å²) in [6, 6.07) is 0.382. The van der Waals surface area contributed by atoms with Gasteiger partial charge in [-0.25, -0.2) is 0 Å². The molecule has 1 fully saturated rings. The Morgan fingerprint density at radius 1 is 1.32 bits per heavy atom. The zero-order valence-electron chi connectivity index (χ0n) is 13.2. The molecule has 0 aliphatic heterocycles. The highest BCUT2D eigenvalue weighted by molar-refractivity contribution is 5.05. The van der Waals surface area contributed by atoms with Crippen LogP contribution < -0.4 is 5.32 Å². The van der Waals surface area contributed by atoms with Gasteiger partial charge in [0.25, 0.3) is 0 Å². The molecule has 110 valence electrons. The van der Waals surface area contributed by atoms with Gasteiger partial charge in [0.1, 0.15) is 0 Å². The summed E-state index contributed by atoms with van der Waals surface area (Å²) in [5, 5.41) is 3.69. The lowest BCUT2D eigenvalue weighted by Gasteiger charge is -2.44. The number of nitrogens with one attached hydrogen (secondary N) is 1. The molecule has 2 nitrogen and oxygen atoms in total. The second-order valence-corrected chi connectivity index (χ2v) is 5.82. The molecule has 0 heterocycles. The third-order valence-corrected chi connectivity index (χ3v) is 4.31. The van der Waals surface area contributed by atoms with E-state index in [1.54, 1.807) is 0 Å². The number of rotatable bonds is 7. The maximum absolute atomic E-state index is 6.24. The third kappa shape index (κ3) is 4.82. The van der Waals surface area contributed by atoms with Crippen molar-refractivity contribution in [3.63, 3.8) is 0 Å². The van der Waals surface area contributed by atoms with Crippen molar-refractivity contribution >= 4 is 0 Å².